The Morgan fingerprint density at radius 1 is 1.36 bits per heavy atom. The second-order valence-corrected chi connectivity index (χ2v) is 4.84. The van der Waals surface area contributed by atoms with Gasteiger partial charge in [-0.1, -0.05) is 6.08 Å². The molecule has 2 aromatic rings. The Bertz CT molecular complexity index is 656. The van der Waals surface area contributed by atoms with E-state index < -0.39 is 0 Å². The minimum absolute atomic E-state index is 0.0501. The minimum atomic E-state index is -0.0501. The van der Waals surface area contributed by atoms with Gasteiger partial charge in [-0.2, -0.15) is 0 Å². The molecule has 22 heavy (non-hydrogen) atoms. The van der Waals surface area contributed by atoms with Crippen LogP contribution in [0.4, 0.5) is 5.69 Å². The maximum Gasteiger partial charge on any atom is 0.161 e. The number of benzene rings is 1. The number of methoxy groups -OCH3 is 1. The second-order valence-electron chi connectivity index (χ2n) is 4.84. The lowest BCUT2D eigenvalue weighted by molar-refractivity contribution is 0.282. The number of nitrogens with zero attached hydrogens (tertiary/aromatic N) is 1. The number of aromatic nitrogens is 1. The molecule has 3 N–H and O–H groups in total. The largest absolute Gasteiger partial charge is 0.504 e. The van der Waals surface area contributed by atoms with E-state index >= 15 is 0 Å². The number of nitrogens with one attached hydrogen (secondary N) is 1. The first-order chi connectivity index (χ1) is 10.7. The van der Waals surface area contributed by atoms with Gasteiger partial charge < -0.3 is 20.3 Å². The van der Waals surface area contributed by atoms with Crippen molar-refractivity contribution in [2.75, 3.05) is 12.4 Å². The Balaban J connectivity index is 2.22. The van der Waals surface area contributed by atoms with Gasteiger partial charge in [-0.15, -0.1) is 6.58 Å². The second kappa shape index (κ2) is 7.47. The fourth-order valence-corrected chi connectivity index (χ4v) is 2.22. The van der Waals surface area contributed by atoms with Crippen LogP contribution < -0.4 is 10.1 Å². The first-order valence-electron chi connectivity index (χ1n) is 6.96. The Morgan fingerprint density at radius 2 is 2.18 bits per heavy atom. The summed E-state index contributed by atoms with van der Waals surface area (Å²) in [5, 5.41) is 22.6. The van der Waals surface area contributed by atoms with E-state index in [0.717, 1.165) is 22.4 Å². The van der Waals surface area contributed by atoms with E-state index in [2.05, 4.69) is 16.9 Å². The zero-order valence-corrected chi connectivity index (χ0v) is 12.5. The number of phenolic OH excluding ortho intramolecular Hbond substituents is 1. The Kier molecular flexibility index (Phi) is 5.38. The molecule has 0 spiro atoms. The molecule has 116 valence electrons. The highest BCUT2D eigenvalue weighted by Gasteiger charge is 2.10. The van der Waals surface area contributed by atoms with Gasteiger partial charge in [0.2, 0.25) is 0 Å². The van der Waals surface area contributed by atoms with E-state index in [1.165, 1.54) is 7.11 Å². The number of ether oxygens (including phenoxy) is 1. The van der Waals surface area contributed by atoms with Gasteiger partial charge in [-0.3, -0.25) is 4.98 Å². The fraction of sp³-hybridized carbons (Fsp3) is 0.235. The van der Waals surface area contributed by atoms with Crippen molar-refractivity contribution in [2.45, 2.75) is 19.6 Å². The van der Waals surface area contributed by atoms with E-state index in [0.29, 0.717) is 18.7 Å². The van der Waals surface area contributed by atoms with Gasteiger partial charge in [0.25, 0.3) is 0 Å². The number of aliphatic hydroxyl groups excluding tert-OH is 1. The van der Waals surface area contributed by atoms with Crippen LogP contribution in [0.15, 0.2) is 43.2 Å². The molecule has 0 atom stereocenters. The molecule has 0 aliphatic carbocycles. The van der Waals surface area contributed by atoms with Crippen LogP contribution in [0.5, 0.6) is 11.5 Å². The summed E-state index contributed by atoms with van der Waals surface area (Å²) < 4.78 is 5.21. The monoisotopic (exact) mass is 300 g/mol. The van der Waals surface area contributed by atoms with Gasteiger partial charge in [0.05, 0.1) is 25.6 Å². The van der Waals surface area contributed by atoms with Gasteiger partial charge in [0.15, 0.2) is 11.5 Å². The third kappa shape index (κ3) is 3.56. The fourth-order valence-electron chi connectivity index (χ4n) is 2.22. The van der Waals surface area contributed by atoms with E-state index in [-0.39, 0.29) is 12.4 Å². The van der Waals surface area contributed by atoms with Crippen LogP contribution >= 0.6 is 0 Å². The summed E-state index contributed by atoms with van der Waals surface area (Å²) in [5.41, 5.74) is 3.29. The van der Waals surface area contributed by atoms with Gasteiger partial charge in [-0.05, 0) is 30.2 Å². The topological polar surface area (TPSA) is 74.6 Å². The Morgan fingerprint density at radius 3 is 2.86 bits per heavy atom. The predicted molar refractivity (Wildman–Crippen MR) is 86.0 cm³/mol. The summed E-state index contributed by atoms with van der Waals surface area (Å²) in [6, 6.07) is 5.45. The minimum Gasteiger partial charge on any atom is -0.504 e. The maximum atomic E-state index is 10.1. The summed E-state index contributed by atoms with van der Waals surface area (Å²) in [5.74, 6) is 0.577. The molecular weight excluding hydrogens is 280 g/mol. The summed E-state index contributed by atoms with van der Waals surface area (Å²) >= 11 is 0. The molecule has 0 saturated carbocycles. The summed E-state index contributed by atoms with van der Waals surface area (Å²) in [4.78, 5) is 4.05. The highest BCUT2D eigenvalue weighted by molar-refractivity contribution is 5.52. The van der Waals surface area contributed by atoms with Gasteiger partial charge >= 0.3 is 0 Å². The molecule has 1 aromatic heterocycles. The molecule has 1 heterocycles. The lowest BCUT2D eigenvalue weighted by atomic mass is 10.1. The van der Waals surface area contributed by atoms with E-state index in [1.54, 1.807) is 30.6 Å². The first kappa shape index (κ1) is 15.9. The molecule has 0 aliphatic rings. The third-order valence-corrected chi connectivity index (χ3v) is 3.36. The highest BCUT2D eigenvalue weighted by atomic mass is 16.5. The lowest BCUT2D eigenvalue weighted by Gasteiger charge is -2.13. The molecule has 0 fully saturated rings. The molecule has 0 radical (unpaired) electrons. The van der Waals surface area contributed by atoms with Crippen molar-refractivity contribution >= 4 is 5.69 Å². The van der Waals surface area contributed by atoms with Crippen LogP contribution in [0, 0.1) is 0 Å². The summed E-state index contributed by atoms with van der Waals surface area (Å²) in [7, 11) is 1.52. The average Bonchev–Trinajstić information content (AvgIpc) is 2.55. The highest BCUT2D eigenvalue weighted by Crippen LogP contribution is 2.32. The van der Waals surface area contributed by atoms with Crippen molar-refractivity contribution < 1.29 is 14.9 Å². The number of pyridine rings is 1. The molecule has 0 saturated heterocycles. The van der Waals surface area contributed by atoms with Crippen LogP contribution in [-0.4, -0.2) is 22.3 Å². The number of allylic oxidation sites excluding steroid dienone is 1. The number of rotatable bonds is 7. The van der Waals surface area contributed by atoms with Crippen LogP contribution in [0.3, 0.4) is 0 Å². The van der Waals surface area contributed by atoms with Crippen LogP contribution in [0.1, 0.15) is 16.7 Å². The molecule has 2 rings (SSSR count). The first-order valence-corrected chi connectivity index (χ1v) is 6.96. The SMILES string of the molecule is C=CCc1cc(CNc2cnccc2CO)cc(OC)c1O. The van der Waals surface area contributed by atoms with E-state index in [9.17, 15) is 10.2 Å². The van der Waals surface area contributed by atoms with Gasteiger partial charge in [0, 0.05) is 23.9 Å². The van der Waals surface area contributed by atoms with Gasteiger partial charge in [0.1, 0.15) is 0 Å². The molecule has 5 heteroatoms. The van der Waals surface area contributed by atoms with E-state index in [1.807, 2.05) is 6.07 Å². The van der Waals surface area contributed by atoms with Crippen molar-refractivity contribution in [3.63, 3.8) is 0 Å². The smallest absolute Gasteiger partial charge is 0.161 e. The molecule has 0 aliphatic heterocycles. The normalized spacial score (nSPS) is 10.3. The number of hydrogen-bond acceptors (Lipinski definition) is 5. The zero-order chi connectivity index (χ0) is 15.9. The summed E-state index contributed by atoms with van der Waals surface area (Å²) in [6.07, 6.45) is 5.61. The number of aromatic hydroxyl groups is 1. The van der Waals surface area contributed by atoms with Crippen LogP contribution in [0.25, 0.3) is 0 Å². The molecule has 0 amide bonds. The Hall–Kier alpha value is -2.53. The molecule has 0 bridgehead atoms. The predicted octanol–water partition coefficient (Wildman–Crippen LogP) is 2.63. The molecule has 5 nitrogen and oxygen atoms in total. The summed E-state index contributed by atoms with van der Waals surface area (Å²) in [6.45, 7) is 4.17. The van der Waals surface area contributed by atoms with Crippen molar-refractivity contribution in [2.24, 2.45) is 0 Å². The van der Waals surface area contributed by atoms with Crippen LogP contribution in [-0.2, 0) is 19.6 Å². The number of anilines is 1. The third-order valence-electron chi connectivity index (χ3n) is 3.36. The molecular formula is C17H20N2O3. The maximum absolute atomic E-state index is 10.1. The van der Waals surface area contributed by atoms with Crippen molar-refractivity contribution in [3.05, 3.63) is 59.9 Å². The average molecular weight is 300 g/mol. The van der Waals surface area contributed by atoms with Crippen molar-refractivity contribution in [3.8, 4) is 11.5 Å². The number of phenols is 1. The lowest BCUT2D eigenvalue weighted by Crippen LogP contribution is -2.04. The number of hydrogen-bond donors (Lipinski definition) is 3. The van der Waals surface area contributed by atoms with Crippen molar-refractivity contribution in [1.82, 2.24) is 4.98 Å². The Labute approximate surface area is 129 Å². The molecule has 1 aromatic carbocycles. The number of aliphatic hydroxyl groups is 1. The molecule has 0 unspecified atom stereocenters. The quantitative estimate of drug-likeness (QED) is 0.685. The zero-order valence-electron chi connectivity index (χ0n) is 12.5. The van der Waals surface area contributed by atoms with Crippen LogP contribution in [0.2, 0.25) is 0 Å². The van der Waals surface area contributed by atoms with Crippen molar-refractivity contribution in [1.29, 1.82) is 0 Å². The standard InChI is InChI=1S/C17H20N2O3/c1-3-4-13-7-12(8-16(22-2)17(13)21)9-19-15-10-18-6-5-14(15)11-20/h3,5-8,10,19-21H,1,4,9,11H2,2H3. The van der Waals surface area contributed by atoms with E-state index in [4.69, 9.17) is 4.74 Å². The van der Waals surface area contributed by atoms with Gasteiger partial charge in [-0.25, -0.2) is 0 Å².